The fraction of sp³-hybridized carbons (Fsp3) is 0.108. The molecule has 39 heteroatoms. The molecule has 0 unspecified atom stereocenters. The van der Waals surface area contributed by atoms with Crippen LogP contribution in [0.1, 0.15) is 152 Å². The highest BCUT2D eigenvalue weighted by Gasteiger charge is 2.20. The van der Waals surface area contributed by atoms with Crippen molar-refractivity contribution in [3.05, 3.63) is 266 Å². The summed E-state index contributed by atoms with van der Waals surface area (Å²) in [5.41, 5.74) is 72.9. The Morgan fingerprint density at radius 2 is 0.795 bits per heavy atom. The number of halogens is 1. The monoisotopic (exact) mass is 1730 g/mol. The lowest BCUT2D eigenvalue weighted by Gasteiger charge is -2.21. The first-order valence-electron chi connectivity index (χ1n) is 35.6. The van der Waals surface area contributed by atoms with Gasteiger partial charge in [0.05, 0.1) is 48.4 Å². The number of aromatic hydroxyl groups is 3. The van der Waals surface area contributed by atoms with E-state index in [1.54, 1.807) is 79.4 Å². The number of nitrogens with zero attached hydrogens (tertiary/aromatic N) is 11. The number of hydrazine groups is 4. The number of guanidine groups is 7. The maximum atomic E-state index is 11.0. The molecule has 7 rings (SSSR count). The molecule has 1 aromatic heterocycles. The Bertz CT molecular complexity index is 5210. The van der Waals surface area contributed by atoms with Crippen molar-refractivity contribution in [1.29, 1.82) is 0 Å². The minimum absolute atomic E-state index is 0.0446. The Morgan fingerprint density at radius 1 is 0.426 bits per heavy atom. The summed E-state index contributed by atoms with van der Waals surface area (Å²) in [5.74, 6) is 1.36. The molecule has 0 atom stereocenters. The van der Waals surface area contributed by atoms with E-state index in [1.807, 2.05) is 107 Å². The standard InChI is InChI=1S/C16H22N4O.C13H15N5.C13H18N4O2.C12H15N5O.C11H12BrN5.C11H13N5.C7H8N4O2/c1-6-11-8-13(16(3,4)5)9-12(14(11)21)10-19-20-15(17)18-7-2;1-4-10-6-11(5-2)8-12(7-10)9-16-18-13(14)17-15-3;1-13(2,3)10-4-8(6-16-17-12(14)15)11(19)9(5-10)7-18;1-4-9-5-8(2)6-10(11(9)18)7-15-17-12(13)16-14-3;1-3-8-4-9(6-10(12)5-8)7-15-17-11(13)16-14-2;1-3-9-5-4-6-10(7-9)8-14-16-11(12)15-13-2;8-7(9)11-10-3-5-1-2-6(4-12)13-5/h6-10,21H,1-2H2,3-5H3,(H3,17,18,20);4-9H,1-3H2,(H3,14,17,18);4-7,19H,1-3H3,(H4,14,15,17);4-7,18H,1,3H2,2H3,(H3,13,16,17);3-7H,1-2H2,(H3,13,16,17);3-8H,1-2H2,(H3,12,15,16);1-4H,(H4,8,9,11)/p+7. The van der Waals surface area contributed by atoms with Gasteiger partial charge in [0.25, 0.3) is 35.8 Å². The van der Waals surface area contributed by atoms with E-state index in [2.05, 4.69) is 228 Å². The van der Waals surface area contributed by atoms with Gasteiger partial charge in [0.2, 0.25) is 12.4 Å². The summed E-state index contributed by atoms with van der Waals surface area (Å²) < 4.78 is 5.93. The summed E-state index contributed by atoms with van der Waals surface area (Å²) in [4.78, 5) is 23.8. The number of carbonyl (C=O) groups excluding carboxylic acids is 2. The van der Waals surface area contributed by atoms with Gasteiger partial charge in [-0.15, -0.1) is 72.7 Å². The van der Waals surface area contributed by atoms with E-state index in [4.69, 9.17) is 56.0 Å². The predicted octanol–water partition coefficient (Wildman–Crippen LogP) is -3.76. The third-order valence-corrected chi connectivity index (χ3v) is 14.8. The fourth-order valence-electron chi connectivity index (χ4n) is 8.64. The average molecular weight is 1730 g/mol. The first kappa shape index (κ1) is 103. The number of hydrogen-bond acceptors (Lipinski definition) is 17. The molecule has 122 heavy (non-hydrogen) atoms. The number of phenols is 3. The molecule has 0 aliphatic heterocycles. The van der Waals surface area contributed by atoms with Crippen LogP contribution in [0.15, 0.2) is 226 Å². The van der Waals surface area contributed by atoms with E-state index in [0.29, 0.717) is 46.1 Å². The average Bonchev–Trinajstić information content (AvgIpc) is 0.847. The minimum atomic E-state index is -0.149. The van der Waals surface area contributed by atoms with Gasteiger partial charge in [-0.3, -0.25) is 20.3 Å². The molecule has 0 spiro atoms. The molecule has 33 N–H and O–H groups in total. The summed E-state index contributed by atoms with van der Waals surface area (Å²) in [6.45, 7) is 53.3. The molecule has 0 bridgehead atoms. The second-order valence-corrected chi connectivity index (χ2v) is 26.7. The highest BCUT2D eigenvalue weighted by Crippen LogP contribution is 2.32. The Morgan fingerprint density at radius 3 is 1.23 bits per heavy atom. The largest absolute Gasteiger partial charge is 0.507 e. The zero-order valence-corrected chi connectivity index (χ0v) is 70.6. The van der Waals surface area contributed by atoms with Crippen molar-refractivity contribution in [2.75, 3.05) is 0 Å². The van der Waals surface area contributed by atoms with Gasteiger partial charge in [-0.05, 0) is 164 Å². The Kier molecular flexibility index (Phi) is 47.8. The summed E-state index contributed by atoms with van der Waals surface area (Å²) in [6.07, 6.45) is 23.5. The number of aldehydes is 2. The molecular weight excluding hydrogens is 1620 g/mol. The molecule has 0 aliphatic carbocycles. The van der Waals surface area contributed by atoms with E-state index >= 15 is 0 Å². The number of furan rings is 1. The minimum Gasteiger partial charge on any atom is -0.507 e. The molecule has 0 fully saturated rings. The van der Waals surface area contributed by atoms with Crippen molar-refractivity contribution in [2.24, 2.45) is 108 Å². The highest BCUT2D eigenvalue weighted by molar-refractivity contribution is 9.10. The van der Waals surface area contributed by atoms with E-state index in [1.165, 1.54) is 37.1 Å². The molecule has 7 aromatic rings. The zero-order chi connectivity index (χ0) is 91.8. The smallest absolute Gasteiger partial charge is 0.369 e. The second kappa shape index (κ2) is 56.5. The summed E-state index contributed by atoms with van der Waals surface area (Å²) in [7, 11) is 0. The molecular formula is C83H110BrN32O6+7. The van der Waals surface area contributed by atoms with Crippen LogP contribution in [-0.4, -0.2) is 140 Å². The molecule has 638 valence electrons. The predicted molar refractivity (Wildman–Crippen MR) is 500 cm³/mol. The maximum absolute atomic E-state index is 11.0. The number of hydrazone groups is 7. The van der Waals surface area contributed by atoms with E-state index in [-0.39, 0.29) is 81.1 Å². The van der Waals surface area contributed by atoms with Gasteiger partial charge in [0.15, 0.2) is 51.0 Å². The lowest BCUT2D eigenvalue weighted by molar-refractivity contribution is -0.496. The van der Waals surface area contributed by atoms with Crippen LogP contribution in [0, 0.1) is 6.92 Å². The Labute approximate surface area is 716 Å². The van der Waals surface area contributed by atoms with Crippen molar-refractivity contribution in [2.45, 2.75) is 59.3 Å². The van der Waals surface area contributed by atoms with E-state index < -0.39 is 0 Å². The Balaban J connectivity index is 0.000000714. The SMILES string of the molecule is C=C[NH+]=C(N)NN=Cc1cc(C(C)(C)C)cc(C=C)c1O.C=Cc1cc(Br)cc(C=NN=C(N)N[NH+]=C)c1.C=Cc1cc(C)cc(C=NN=C(N)N[NH+]=C)c1O.C=Cc1cc(C=C)cc(C=NN=C(N)N[NH+]=C)c1.C=Cc1cccc(C=NN=C(N)N[NH+]=C)c1.CC(C)(C)c1cc(C=O)c(O)c(C=[NH+]N=C(N)N)c1.NC(N)=N[NH+]=Cc1ccc(C=O)o1. The maximum Gasteiger partial charge on any atom is 0.369 e. The molecule has 0 amide bonds. The topological polar surface area (TPSA) is 636 Å². The lowest BCUT2D eigenvalue weighted by Crippen LogP contribution is -2.80. The third kappa shape index (κ3) is 42.6. The van der Waals surface area contributed by atoms with Crippen LogP contribution in [0.4, 0.5) is 0 Å². The Hall–Kier alpha value is -16.7. The molecule has 6 aromatic carbocycles. The van der Waals surface area contributed by atoms with Crippen molar-refractivity contribution in [1.82, 2.24) is 27.1 Å². The fourth-order valence-corrected chi connectivity index (χ4v) is 9.16. The van der Waals surface area contributed by atoms with Gasteiger partial charge < -0.3 is 65.6 Å². The first-order chi connectivity index (χ1) is 57.9. The molecule has 0 aliphatic rings. The molecule has 0 saturated heterocycles. The second-order valence-electron chi connectivity index (χ2n) is 25.8. The number of carbonyl (C=O) groups is 2. The molecule has 0 saturated carbocycles. The van der Waals surface area contributed by atoms with E-state index in [0.717, 1.165) is 60.1 Å². The molecule has 1 heterocycles. The third-order valence-electron chi connectivity index (χ3n) is 14.3. The summed E-state index contributed by atoms with van der Waals surface area (Å²) in [5, 5.41) is 85.5. The number of benzene rings is 6. The van der Waals surface area contributed by atoms with Gasteiger partial charge in [0, 0.05) is 36.9 Å². The van der Waals surface area contributed by atoms with Gasteiger partial charge in [-0.2, -0.15) is 25.8 Å². The van der Waals surface area contributed by atoms with Crippen LogP contribution in [0.3, 0.4) is 0 Å². The number of nitrogens with two attached hydrogens (primary N) is 9. The summed E-state index contributed by atoms with van der Waals surface area (Å²) in [6, 6.07) is 33.4. The quantitative estimate of drug-likeness (QED) is 0.0102. The van der Waals surface area contributed by atoms with Gasteiger partial charge in [-0.1, -0.05) is 163 Å². The normalized spacial score (nSPS) is 11.5. The van der Waals surface area contributed by atoms with Crippen molar-refractivity contribution in [3.63, 3.8) is 0 Å². The highest BCUT2D eigenvalue weighted by atomic mass is 79.9. The van der Waals surface area contributed by atoms with Crippen LogP contribution in [0.25, 0.3) is 36.5 Å². The molecule has 0 radical (unpaired) electrons. The van der Waals surface area contributed by atoms with Crippen LogP contribution in [0.5, 0.6) is 17.2 Å². The van der Waals surface area contributed by atoms with Crippen LogP contribution in [0.2, 0.25) is 0 Å². The van der Waals surface area contributed by atoms with Crippen LogP contribution >= 0.6 is 15.9 Å². The zero-order valence-electron chi connectivity index (χ0n) is 69.0. The van der Waals surface area contributed by atoms with Gasteiger partial charge in [0.1, 0.15) is 17.2 Å². The van der Waals surface area contributed by atoms with Crippen LogP contribution in [-0.2, 0) is 10.8 Å². The van der Waals surface area contributed by atoms with E-state index in [9.17, 15) is 24.9 Å². The number of rotatable bonds is 27. The summed E-state index contributed by atoms with van der Waals surface area (Å²) >= 11 is 3.40. The number of phenolic OH excluding ortho intramolecular Hbond substituents is 3. The van der Waals surface area contributed by atoms with Crippen molar-refractivity contribution >= 4 is 177 Å². The molecule has 38 nitrogen and oxygen atoms in total. The number of hydrogen-bond donors (Lipinski definition) is 24. The van der Waals surface area contributed by atoms with Gasteiger partial charge >= 0.3 is 5.96 Å². The van der Waals surface area contributed by atoms with Crippen molar-refractivity contribution < 1.29 is 64.9 Å². The first-order valence-corrected chi connectivity index (χ1v) is 36.4. The lowest BCUT2D eigenvalue weighted by atomic mass is 9.85. The number of aryl methyl sites for hydroxylation is 1. The van der Waals surface area contributed by atoms with Crippen molar-refractivity contribution in [3.8, 4) is 17.2 Å². The number of nitrogens with one attached hydrogen (secondary N) is 12. The van der Waals surface area contributed by atoms with Gasteiger partial charge in [-0.25, -0.2) is 0 Å². The van der Waals surface area contributed by atoms with Crippen LogP contribution < -0.4 is 114 Å².